The Hall–Kier alpha value is -2.64. The van der Waals surface area contributed by atoms with Crippen molar-refractivity contribution in [1.29, 1.82) is 0 Å². The van der Waals surface area contributed by atoms with Gasteiger partial charge in [-0.1, -0.05) is 16.8 Å². The van der Waals surface area contributed by atoms with Gasteiger partial charge >= 0.3 is 5.97 Å². The van der Waals surface area contributed by atoms with Gasteiger partial charge in [0.1, 0.15) is 5.58 Å². The highest BCUT2D eigenvalue weighted by atomic mass is 35.5. The molecule has 0 atom stereocenters. The third-order valence-corrected chi connectivity index (χ3v) is 4.17. The van der Waals surface area contributed by atoms with Gasteiger partial charge in [0, 0.05) is 21.4 Å². The highest BCUT2D eigenvalue weighted by molar-refractivity contribution is 7.08. The molecule has 0 bridgehead atoms. The van der Waals surface area contributed by atoms with Crippen molar-refractivity contribution in [1.82, 2.24) is 10.1 Å². The minimum absolute atomic E-state index is 0.0878. The standard InChI is InChI=1S/C16H9ClN2O4S/c17-11-1-2-12-10(5-11)6-13(22-12)16(20)21-7-14-18-15(19-23-14)9-3-4-24-8-9/h1-6,8H,7H2. The molecule has 24 heavy (non-hydrogen) atoms. The van der Waals surface area contributed by atoms with Gasteiger partial charge in [-0.25, -0.2) is 4.79 Å². The number of hydrogen-bond donors (Lipinski definition) is 0. The van der Waals surface area contributed by atoms with E-state index in [0.717, 1.165) is 10.9 Å². The van der Waals surface area contributed by atoms with E-state index in [4.69, 9.17) is 25.3 Å². The summed E-state index contributed by atoms with van der Waals surface area (Å²) in [6.45, 7) is -0.131. The van der Waals surface area contributed by atoms with Crippen molar-refractivity contribution in [3.8, 4) is 11.4 Å². The fourth-order valence-corrected chi connectivity index (χ4v) is 2.95. The molecule has 0 saturated heterocycles. The SMILES string of the molecule is O=C(OCc1nc(-c2ccsc2)no1)c1cc2cc(Cl)ccc2o1. The third-order valence-electron chi connectivity index (χ3n) is 3.25. The maximum Gasteiger partial charge on any atom is 0.374 e. The Morgan fingerprint density at radius 1 is 1.29 bits per heavy atom. The molecule has 0 unspecified atom stereocenters. The van der Waals surface area contributed by atoms with Gasteiger partial charge < -0.3 is 13.7 Å². The lowest BCUT2D eigenvalue weighted by atomic mass is 10.2. The topological polar surface area (TPSA) is 78.4 Å². The van der Waals surface area contributed by atoms with Gasteiger partial charge in [0.2, 0.25) is 11.6 Å². The summed E-state index contributed by atoms with van der Waals surface area (Å²) in [5.74, 6) is 0.145. The number of esters is 1. The molecule has 8 heteroatoms. The first-order valence-electron chi connectivity index (χ1n) is 6.90. The van der Waals surface area contributed by atoms with Gasteiger partial charge in [-0.3, -0.25) is 0 Å². The van der Waals surface area contributed by atoms with Crippen LogP contribution in [0.25, 0.3) is 22.4 Å². The Bertz CT molecular complexity index is 1010. The molecule has 0 radical (unpaired) electrons. The Morgan fingerprint density at radius 3 is 3.04 bits per heavy atom. The summed E-state index contributed by atoms with van der Waals surface area (Å²) in [6.07, 6.45) is 0. The number of thiophene rings is 1. The van der Waals surface area contributed by atoms with Crippen LogP contribution >= 0.6 is 22.9 Å². The van der Waals surface area contributed by atoms with Crippen LogP contribution in [0.3, 0.4) is 0 Å². The van der Waals surface area contributed by atoms with E-state index in [1.807, 2.05) is 16.8 Å². The molecule has 3 aromatic heterocycles. The van der Waals surface area contributed by atoms with Crippen molar-refractivity contribution in [3.05, 3.63) is 57.8 Å². The smallest absolute Gasteiger partial charge is 0.374 e. The van der Waals surface area contributed by atoms with Crippen LogP contribution in [-0.2, 0) is 11.3 Å². The van der Waals surface area contributed by atoms with Crippen molar-refractivity contribution in [2.75, 3.05) is 0 Å². The second-order valence-corrected chi connectivity index (χ2v) is 6.11. The van der Waals surface area contributed by atoms with Crippen LogP contribution in [0.1, 0.15) is 16.4 Å². The predicted molar refractivity (Wildman–Crippen MR) is 88.0 cm³/mol. The predicted octanol–water partition coefficient (Wildman–Crippen LogP) is 4.55. The number of benzene rings is 1. The molecule has 0 aliphatic rings. The largest absolute Gasteiger partial charge is 0.450 e. The lowest BCUT2D eigenvalue weighted by Gasteiger charge is -1.97. The first-order chi connectivity index (χ1) is 11.7. The summed E-state index contributed by atoms with van der Waals surface area (Å²) in [7, 11) is 0. The lowest BCUT2D eigenvalue weighted by Crippen LogP contribution is -2.04. The maximum absolute atomic E-state index is 12.1. The van der Waals surface area contributed by atoms with Crippen molar-refractivity contribution in [3.63, 3.8) is 0 Å². The lowest BCUT2D eigenvalue weighted by molar-refractivity contribution is 0.0396. The van der Waals surface area contributed by atoms with Crippen LogP contribution in [0.15, 0.2) is 50.0 Å². The van der Waals surface area contributed by atoms with Gasteiger partial charge in [0.05, 0.1) is 0 Å². The highest BCUT2D eigenvalue weighted by Crippen LogP contribution is 2.24. The number of ether oxygens (including phenoxy) is 1. The summed E-state index contributed by atoms with van der Waals surface area (Å²) < 4.78 is 15.7. The van der Waals surface area contributed by atoms with E-state index in [0.29, 0.717) is 16.4 Å². The first kappa shape index (κ1) is 14.9. The van der Waals surface area contributed by atoms with E-state index < -0.39 is 5.97 Å². The molecular weight excluding hydrogens is 352 g/mol. The number of hydrogen-bond acceptors (Lipinski definition) is 7. The second kappa shape index (κ2) is 6.10. The van der Waals surface area contributed by atoms with Crippen LogP contribution < -0.4 is 0 Å². The van der Waals surface area contributed by atoms with Gasteiger partial charge in [0.25, 0.3) is 5.89 Å². The van der Waals surface area contributed by atoms with Crippen LogP contribution in [0, 0.1) is 0 Å². The average molecular weight is 361 g/mol. The van der Waals surface area contributed by atoms with Crippen LogP contribution in [-0.4, -0.2) is 16.1 Å². The summed E-state index contributed by atoms with van der Waals surface area (Å²) in [5, 5.41) is 8.96. The molecule has 6 nitrogen and oxygen atoms in total. The zero-order valence-corrected chi connectivity index (χ0v) is 13.6. The monoisotopic (exact) mass is 360 g/mol. The molecule has 0 N–H and O–H groups in total. The molecule has 0 saturated carbocycles. The molecule has 0 spiro atoms. The van der Waals surface area contributed by atoms with E-state index in [1.165, 1.54) is 11.3 Å². The molecule has 1 aromatic carbocycles. The number of carbonyl (C=O) groups excluding carboxylic acids is 1. The minimum Gasteiger partial charge on any atom is -0.450 e. The normalized spacial score (nSPS) is 11.0. The summed E-state index contributed by atoms with van der Waals surface area (Å²) >= 11 is 7.44. The van der Waals surface area contributed by atoms with Crippen molar-refractivity contribution >= 4 is 39.9 Å². The van der Waals surface area contributed by atoms with Gasteiger partial charge in [-0.2, -0.15) is 16.3 Å². The third kappa shape index (κ3) is 2.91. The van der Waals surface area contributed by atoms with Gasteiger partial charge in [-0.05, 0) is 35.7 Å². The quantitative estimate of drug-likeness (QED) is 0.496. The molecule has 0 aliphatic heterocycles. The van der Waals surface area contributed by atoms with E-state index in [2.05, 4.69) is 10.1 Å². The van der Waals surface area contributed by atoms with E-state index >= 15 is 0 Å². The summed E-state index contributed by atoms with van der Waals surface area (Å²) in [4.78, 5) is 16.2. The Labute approximate surface area is 144 Å². The average Bonchev–Trinajstić information content (AvgIpc) is 3.30. The second-order valence-electron chi connectivity index (χ2n) is 4.89. The Morgan fingerprint density at radius 2 is 2.21 bits per heavy atom. The Kier molecular flexibility index (Phi) is 3.79. The molecular formula is C16H9ClN2O4S. The zero-order valence-electron chi connectivity index (χ0n) is 12.1. The number of nitrogens with zero attached hydrogens (tertiary/aromatic N) is 2. The minimum atomic E-state index is -0.613. The first-order valence-corrected chi connectivity index (χ1v) is 8.22. The molecule has 120 valence electrons. The molecule has 0 fully saturated rings. The number of carbonyl (C=O) groups is 1. The summed E-state index contributed by atoms with van der Waals surface area (Å²) in [6, 6.07) is 8.55. The molecule has 3 heterocycles. The van der Waals surface area contributed by atoms with Gasteiger partial charge in [-0.15, -0.1) is 0 Å². The van der Waals surface area contributed by atoms with E-state index in [1.54, 1.807) is 24.3 Å². The van der Waals surface area contributed by atoms with Crippen LogP contribution in [0.4, 0.5) is 0 Å². The number of fused-ring (bicyclic) bond motifs is 1. The number of halogens is 1. The van der Waals surface area contributed by atoms with Crippen LogP contribution in [0.5, 0.6) is 0 Å². The molecule has 4 aromatic rings. The molecule has 0 aliphatic carbocycles. The van der Waals surface area contributed by atoms with E-state index in [9.17, 15) is 4.79 Å². The fourth-order valence-electron chi connectivity index (χ4n) is 2.14. The van der Waals surface area contributed by atoms with Crippen LogP contribution in [0.2, 0.25) is 5.02 Å². The van der Waals surface area contributed by atoms with E-state index in [-0.39, 0.29) is 18.3 Å². The number of aromatic nitrogens is 2. The Balaban J connectivity index is 1.46. The van der Waals surface area contributed by atoms with Crippen molar-refractivity contribution in [2.24, 2.45) is 0 Å². The van der Waals surface area contributed by atoms with Crippen molar-refractivity contribution in [2.45, 2.75) is 6.61 Å². The highest BCUT2D eigenvalue weighted by Gasteiger charge is 2.16. The molecule has 4 rings (SSSR count). The summed E-state index contributed by atoms with van der Waals surface area (Å²) in [5.41, 5.74) is 1.42. The molecule has 0 amide bonds. The van der Waals surface area contributed by atoms with Crippen molar-refractivity contribution < 1.29 is 18.5 Å². The maximum atomic E-state index is 12.1. The fraction of sp³-hybridized carbons (Fsp3) is 0.0625. The zero-order chi connectivity index (χ0) is 16.5. The number of furan rings is 1. The number of rotatable bonds is 4. The van der Waals surface area contributed by atoms with Gasteiger partial charge in [0.15, 0.2) is 6.61 Å².